The van der Waals surface area contributed by atoms with Crippen molar-refractivity contribution in [2.75, 3.05) is 23.7 Å². The average Bonchev–Trinajstić information content (AvgIpc) is 2.78. The fourth-order valence-corrected chi connectivity index (χ4v) is 4.87. The molecule has 2 aromatic carbocycles. The summed E-state index contributed by atoms with van der Waals surface area (Å²) < 4.78 is 26.3. The minimum absolute atomic E-state index is 0.100. The van der Waals surface area contributed by atoms with Gasteiger partial charge in [-0.25, -0.2) is 8.42 Å². The van der Waals surface area contributed by atoms with Crippen LogP contribution < -0.4 is 9.62 Å². The summed E-state index contributed by atoms with van der Waals surface area (Å²) in [6.07, 6.45) is 1.36. The van der Waals surface area contributed by atoms with E-state index in [-0.39, 0.29) is 34.1 Å². The number of carbonyl (C=O) groups is 2. The summed E-state index contributed by atoms with van der Waals surface area (Å²) in [4.78, 5) is 28.2. The van der Waals surface area contributed by atoms with Crippen LogP contribution >= 0.6 is 23.2 Å². The van der Waals surface area contributed by atoms with E-state index < -0.39 is 28.5 Å². The first-order valence-electron chi connectivity index (χ1n) is 11.4. The van der Waals surface area contributed by atoms with Crippen molar-refractivity contribution < 1.29 is 18.0 Å². The lowest BCUT2D eigenvalue weighted by atomic mass is 10.1. The van der Waals surface area contributed by atoms with Gasteiger partial charge in [-0.15, -0.1) is 0 Å². The standard InChI is InChI=1S/C25H33Cl2N3O4S/c1-6-22(25(32)28-14-17(2)3)29(15-19-10-8-7-9-18(19)4)24(31)16-30(35(5,33)34)23-13-20(26)11-12-21(23)27/h7-13,17,22H,6,14-16H2,1-5H3,(H,28,32). The van der Waals surface area contributed by atoms with Crippen molar-refractivity contribution in [1.29, 1.82) is 0 Å². The van der Waals surface area contributed by atoms with Crippen molar-refractivity contribution in [3.05, 3.63) is 63.6 Å². The van der Waals surface area contributed by atoms with Crippen LogP contribution in [0.1, 0.15) is 38.3 Å². The summed E-state index contributed by atoms with van der Waals surface area (Å²) in [5.74, 6) is -0.571. The third-order valence-corrected chi connectivity index (χ3v) is 7.21. The van der Waals surface area contributed by atoms with Crippen LogP contribution in [0, 0.1) is 12.8 Å². The summed E-state index contributed by atoms with van der Waals surface area (Å²) in [7, 11) is -3.90. The minimum Gasteiger partial charge on any atom is -0.354 e. The lowest BCUT2D eigenvalue weighted by Crippen LogP contribution is -2.52. The summed E-state index contributed by atoms with van der Waals surface area (Å²) >= 11 is 12.3. The molecule has 0 bridgehead atoms. The largest absolute Gasteiger partial charge is 0.354 e. The second kappa shape index (κ2) is 12.6. The number of hydrogen-bond acceptors (Lipinski definition) is 4. The number of halogens is 2. The van der Waals surface area contributed by atoms with Crippen molar-refractivity contribution in [2.24, 2.45) is 5.92 Å². The Morgan fingerprint density at radius 3 is 2.31 bits per heavy atom. The Hall–Kier alpha value is -2.29. The molecular formula is C25H33Cl2N3O4S. The van der Waals surface area contributed by atoms with E-state index >= 15 is 0 Å². The molecular weight excluding hydrogens is 509 g/mol. The van der Waals surface area contributed by atoms with E-state index in [4.69, 9.17) is 23.2 Å². The van der Waals surface area contributed by atoms with Crippen molar-refractivity contribution in [3.8, 4) is 0 Å². The molecule has 0 fully saturated rings. The van der Waals surface area contributed by atoms with Crippen molar-refractivity contribution in [1.82, 2.24) is 10.2 Å². The van der Waals surface area contributed by atoms with E-state index in [1.165, 1.54) is 23.1 Å². The van der Waals surface area contributed by atoms with Gasteiger partial charge >= 0.3 is 0 Å². The predicted octanol–water partition coefficient (Wildman–Crippen LogP) is 4.65. The number of sulfonamides is 1. The maximum Gasteiger partial charge on any atom is 0.244 e. The molecule has 7 nitrogen and oxygen atoms in total. The SMILES string of the molecule is CCC(C(=O)NCC(C)C)N(Cc1ccccc1C)C(=O)CN(c1cc(Cl)ccc1Cl)S(C)(=O)=O. The van der Waals surface area contributed by atoms with Gasteiger partial charge in [0, 0.05) is 18.1 Å². The molecule has 0 aliphatic carbocycles. The number of carbonyl (C=O) groups excluding carboxylic acids is 2. The Balaban J connectivity index is 2.48. The van der Waals surface area contributed by atoms with Gasteiger partial charge in [-0.2, -0.15) is 0 Å². The van der Waals surface area contributed by atoms with Crippen molar-refractivity contribution in [2.45, 2.75) is 46.7 Å². The number of amides is 2. The van der Waals surface area contributed by atoms with E-state index in [2.05, 4.69) is 5.32 Å². The molecule has 1 atom stereocenters. The highest BCUT2D eigenvalue weighted by Gasteiger charge is 2.32. The summed E-state index contributed by atoms with van der Waals surface area (Å²) in [5.41, 5.74) is 1.92. The highest BCUT2D eigenvalue weighted by molar-refractivity contribution is 7.92. The molecule has 10 heteroatoms. The van der Waals surface area contributed by atoms with Gasteiger partial charge in [0.05, 0.1) is 17.0 Å². The number of rotatable bonds is 11. The zero-order valence-electron chi connectivity index (χ0n) is 20.7. The Morgan fingerprint density at radius 2 is 1.74 bits per heavy atom. The van der Waals surface area contributed by atoms with E-state index in [0.29, 0.717) is 13.0 Å². The van der Waals surface area contributed by atoms with Crippen LogP contribution in [0.15, 0.2) is 42.5 Å². The van der Waals surface area contributed by atoms with Gasteiger partial charge < -0.3 is 10.2 Å². The summed E-state index contributed by atoms with van der Waals surface area (Å²) in [5, 5.41) is 3.32. The Labute approximate surface area is 218 Å². The zero-order chi connectivity index (χ0) is 26.3. The maximum atomic E-state index is 13.7. The Kier molecular flexibility index (Phi) is 10.4. The molecule has 0 spiro atoms. The lowest BCUT2D eigenvalue weighted by molar-refractivity contribution is -0.140. The van der Waals surface area contributed by atoms with Gasteiger partial charge in [0.15, 0.2) is 0 Å². The molecule has 0 heterocycles. The average molecular weight is 543 g/mol. The monoisotopic (exact) mass is 541 g/mol. The topological polar surface area (TPSA) is 86.8 Å². The Bertz CT molecular complexity index is 1160. The van der Waals surface area contributed by atoms with Crippen molar-refractivity contribution in [3.63, 3.8) is 0 Å². The van der Waals surface area contributed by atoms with Crippen molar-refractivity contribution >= 4 is 50.7 Å². The fourth-order valence-electron chi connectivity index (χ4n) is 3.58. The zero-order valence-corrected chi connectivity index (χ0v) is 23.0. The van der Waals surface area contributed by atoms with Gasteiger partial charge in [-0.3, -0.25) is 13.9 Å². The lowest BCUT2D eigenvalue weighted by Gasteiger charge is -2.33. The fraction of sp³-hybridized carbons (Fsp3) is 0.440. The van der Waals surface area contributed by atoms with Crippen LogP contribution in [0.2, 0.25) is 10.0 Å². The normalized spacial score (nSPS) is 12.3. The molecule has 2 amide bonds. The molecule has 1 N–H and O–H groups in total. The van der Waals surface area contributed by atoms with E-state index in [1.807, 2.05) is 52.0 Å². The smallest absolute Gasteiger partial charge is 0.244 e. The van der Waals surface area contributed by atoms with Crippen LogP contribution in [-0.2, 0) is 26.2 Å². The minimum atomic E-state index is -3.90. The molecule has 192 valence electrons. The molecule has 0 aliphatic rings. The van der Waals surface area contributed by atoms with Crippen LogP contribution in [-0.4, -0.2) is 50.5 Å². The second-order valence-corrected chi connectivity index (χ2v) is 11.6. The highest BCUT2D eigenvalue weighted by atomic mass is 35.5. The van der Waals surface area contributed by atoms with Gasteiger partial charge in [0.2, 0.25) is 21.8 Å². The number of aryl methyl sites for hydroxylation is 1. The van der Waals surface area contributed by atoms with E-state index in [0.717, 1.165) is 21.7 Å². The number of hydrogen-bond donors (Lipinski definition) is 1. The quantitative estimate of drug-likeness (QED) is 0.448. The third kappa shape index (κ3) is 8.12. The van der Waals surface area contributed by atoms with Gasteiger partial charge in [0.25, 0.3) is 0 Å². The molecule has 0 radical (unpaired) electrons. The third-order valence-electron chi connectivity index (χ3n) is 5.53. The van der Waals surface area contributed by atoms with E-state index in [1.54, 1.807) is 0 Å². The molecule has 0 saturated heterocycles. The first kappa shape index (κ1) is 28.9. The van der Waals surface area contributed by atoms with Crippen LogP contribution in [0.4, 0.5) is 5.69 Å². The van der Waals surface area contributed by atoms with Crippen LogP contribution in [0.3, 0.4) is 0 Å². The van der Waals surface area contributed by atoms with Gasteiger partial charge in [-0.05, 0) is 48.6 Å². The van der Waals surface area contributed by atoms with Gasteiger partial charge in [0.1, 0.15) is 12.6 Å². The summed E-state index contributed by atoms with van der Waals surface area (Å²) in [6.45, 7) is 7.80. The van der Waals surface area contributed by atoms with Crippen LogP contribution in [0.5, 0.6) is 0 Å². The molecule has 1 unspecified atom stereocenters. The molecule has 0 saturated carbocycles. The number of benzene rings is 2. The Morgan fingerprint density at radius 1 is 1.09 bits per heavy atom. The molecule has 35 heavy (non-hydrogen) atoms. The number of nitrogens with zero attached hydrogens (tertiary/aromatic N) is 2. The molecule has 0 aliphatic heterocycles. The number of nitrogens with one attached hydrogen (secondary N) is 1. The molecule has 2 aromatic rings. The number of anilines is 1. The summed E-state index contributed by atoms with van der Waals surface area (Å²) in [6, 6.07) is 11.2. The molecule has 0 aromatic heterocycles. The first-order valence-corrected chi connectivity index (χ1v) is 14.0. The highest BCUT2D eigenvalue weighted by Crippen LogP contribution is 2.31. The van der Waals surface area contributed by atoms with E-state index in [9.17, 15) is 18.0 Å². The predicted molar refractivity (Wildman–Crippen MR) is 142 cm³/mol. The van der Waals surface area contributed by atoms with Crippen LogP contribution in [0.25, 0.3) is 0 Å². The first-order chi connectivity index (χ1) is 16.3. The second-order valence-electron chi connectivity index (χ2n) is 8.88. The van der Waals surface area contributed by atoms with Gasteiger partial charge in [-0.1, -0.05) is 68.2 Å². The molecule has 2 rings (SSSR count). The maximum absolute atomic E-state index is 13.7.